The summed E-state index contributed by atoms with van der Waals surface area (Å²) in [5.74, 6) is 0.760. The molecule has 20 heavy (non-hydrogen) atoms. The van der Waals surface area contributed by atoms with Gasteiger partial charge in [0.25, 0.3) is 5.91 Å². The number of halogens is 1. The van der Waals surface area contributed by atoms with Crippen LogP contribution in [0.5, 0.6) is 11.5 Å². The minimum Gasteiger partial charge on any atom is -0.486 e. The fraction of sp³-hybridized carbons (Fsp3) is 0.154. The maximum atomic E-state index is 12.0. The minimum absolute atomic E-state index is 0.101. The summed E-state index contributed by atoms with van der Waals surface area (Å²) < 4.78 is 15.9. The first-order chi connectivity index (χ1) is 9.63. The Hall–Kier alpha value is -2.34. The Labute approximate surface area is 119 Å². The van der Waals surface area contributed by atoms with Crippen LogP contribution in [0.25, 0.3) is 0 Å². The van der Waals surface area contributed by atoms with Crippen molar-refractivity contribution in [2.24, 2.45) is 0 Å². The van der Waals surface area contributed by atoms with Gasteiger partial charge in [-0.05, 0) is 23.7 Å². The van der Waals surface area contributed by atoms with Crippen LogP contribution in [0.4, 0.5) is 11.4 Å². The van der Waals surface area contributed by atoms with E-state index in [1.165, 1.54) is 12.1 Å². The Morgan fingerprint density at radius 1 is 1.20 bits per heavy atom. The number of amides is 1. The number of hydrogen-bond donors (Lipinski definition) is 2. The number of ether oxygens (including phenoxy) is 2. The molecule has 0 saturated heterocycles. The highest BCUT2D eigenvalue weighted by atomic mass is 35.5. The Morgan fingerprint density at radius 2 is 1.90 bits per heavy atom. The summed E-state index contributed by atoms with van der Waals surface area (Å²) in [5, 5.41) is 2.78. The Kier molecular flexibility index (Phi) is 3.15. The van der Waals surface area contributed by atoms with Crippen molar-refractivity contribution >= 4 is 28.9 Å². The zero-order chi connectivity index (χ0) is 14.1. The maximum Gasteiger partial charge on any atom is 0.291 e. The number of fused-ring (bicyclic) bond motifs is 1. The highest BCUT2D eigenvalue weighted by Crippen LogP contribution is 2.37. The molecule has 7 heteroatoms. The van der Waals surface area contributed by atoms with Gasteiger partial charge >= 0.3 is 0 Å². The minimum atomic E-state index is -0.444. The summed E-state index contributed by atoms with van der Waals surface area (Å²) in [7, 11) is 0. The summed E-state index contributed by atoms with van der Waals surface area (Å²) in [5.41, 5.74) is 6.67. The van der Waals surface area contributed by atoms with Gasteiger partial charge in [-0.25, -0.2) is 0 Å². The number of benzene rings is 1. The van der Waals surface area contributed by atoms with Gasteiger partial charge in [-0.3, -0.25) is 4.79 Å². The second-order valence-corrected chi connectivity index (χ2v) is 4.51. The second-order valence-electron chi connectivity index (χ2n) is 4.14. The Balaban J connectivity index is 1.85. The van der Waals surface area contributed by atoms with E-state index in [9.17, 15) is 4.79 Å². The van der Waals surface area contributed by atoms with Crippen LogP contribution in [-0.4, -0.2) is 19.1 Å². The maximum absolute atomic E-state index is 12.0. The van der Waals surface area contributed by atoms with E-state index >= 15 is 0 Å². The second kappa shape index (κ2) is 4.97. The zero-order valence-corrected chi connectivity index (χ0v) is 11.1. The van der Waals surface area contributed by atoms with Gasteiger partial charge in [-0.2, -0.15) is 0 Å². The van der Waals surface area contributed by atoms with Gasteiger partial charge in [0, 0.05) is 12.1 Å². The van der Waals surface area contributed by atoms with E-state index in [4.69, 9.17) is 31.2 Å². The van der Waals surface area contributed by atoms with Crippen LogP contribution < -0.4 is 20.5 Å². The van der Waals surface area contributed by atoms with E-state index in [2.05, 4.69) is 5.32 Å². The number of rotatable bonds is 2. The lowest BCUT2D eigenvalue weighted by atomic mass is 10.2. The van der Waals surface area contributed by atoms with Crippen LogP contribution in [0, 0.1) is 0 Å². The first kappa shape index (κ1) is 12.7. The molecule has 1 aliphatic rings. The first-order valence-electron chi connectivity index (χ1n) is 5.89. The molecule has 0 fully saturated rings. The van der Waals surface area contributed by atoms with Crippen LogP contribution in [0.1, 0.15) is 10.6 Å². The van der Waals surface area contributed by atoms with Crippen LogP contribution in [0.3, 0.4) is 0 Å². The SMILES string of the molecule is Nc1cc2c(cc1NC(=O)c1ccc(Cl)o1)OCCO2. The van der Waals surface area contributed by atoms with Crippen LogP contribution in [0.2, 0.25) is 5.22 Å². The summed E-state index contributed by atoms with van der Waals surface area (Å²) in [6.45, 7) is 0.932. The van der Waals surface area contributed by atoms with Gasteiger partial charge in [-0.1, -0.05) is 0 Å². The fourth-order valence-electron chi connectivity index (χ4n) is 1.83. The van der Waals surface area contributed by atoms with Crippen molar-refractivity contribution in [1.82, 2.24) is 0 Å². The highest BCUT2D eigenvalue weighted by Gasteiger charge is 2.17. The molecule has 6 nitrogen and oxygen atoms in total. The quantitative estimate of drug-likeness (QED) is 0.831. The van der Waals surface area contributed by atoms with Crippen molar-refractivity contribution in [2.45, 2.75) is 0 Å². The van der Waals surface area contributed by atoms with Gasteiger partial charge in [0.05, 0.1) is 11.4 Å². The van der Waals surface area contributed by atoms with Crippen LogP contribution >= 0.6 is 11.6 Å². The topological polar surface area (TPSA) is 86.7 Å². The van der Waals surface area contributed by atoms with Crippen LogP contribution in [-0.2, 0) is 0 Å². The molecule has 0 saturated carbocycles. The van der Waals surface area contributed by atoms with Crippen molar-refractivity contribution in [3.63, 3.8) is 0 Å². The number of nitrogens with one attached hydrogen (secondary N) is 1. The van der Waals surface area contributed by atoms with Gasteiger partial charge < -0.3 is 24.9 Å². The van der Waals surface area contributed by atoms with Crippen molar-refractivity contribution < 1.29 is 18.7 Å². The molecule has 0 atom stereocenters. The number of hydrogen-bond acceptors (Lipinski definition) is 5. The van der Waals surface area contributed by atoms with E-state index in [-0.39, 0.29) is 11.0 Å². The average Bonchev–Trinajstić information content (AvgIpc) is 2.86. The fourth-order valence-corrected chi connectivity index (χ4v) is 1.98. The molecule has 0 unspecified atom stereocenters. The third-order valence-corrected chi connectivity index (χ3v) is 2.96. The van der Waals surface area contributed by atoms with Gasteiger partial charge in [0.1, 0.15) is 13.2 Å². The molecule has 0 aliphatic carbocycles. The lowest BCUT2D eigenvalue weighted by Crippen LogP contribution is -2.17. The first-order valence-corrected chi connectivity index (χ1v) is 6.27. The molecule has 0 bridgehead atoms. The van der Waals surface area contributed by atoms with Crippen molar-refractivity contribution in [2.75, 3.05) is 24.3 Å². The van der Waals surface area contributed by atoms with E-state index < -0.39 is 5.91 Å². The standard InChI is InChI=1S/C13H11ClN2O4/c14-12-2-1-9(20-12)13(17)16-8-6-11-10(5-7(8)15)18-3-4-19-11/h1-2,5-6H,3-4,15H2,(H,16,17). The molecular formula is C13H11ClN2O4. The molecule has 104 valence electrons. The molecular weight excluding hydrogens is 284 g/mol. The molecule has 1 aliphatic heterocycles. The molecule has 0 radical (unpaired) electrons. The molecule has 0 spiro atoms. The average molecular weight is 295 g/mol. The van der Waals surface area contributed by atoms with E-state index in [0.29, 0.717) is 36.1 Å². The normalized spacial score (nSPS) is 13.1. The number of carbonyl (C=O) groups excluding carboxylic acids is 1. The monoisotopic (exact) mass is 294 g/mol. The van der Waals surface area contributed by atoms with E-state index in [1.54, 1.807) is 12.1 Å². The highest BCUT2D eigenvalue weighted by molar-refractivity contribution is 6.29. The van der Waals surface area contributed by atoms with Crippen molar-refractivity contribution in [3.8, 4) is 11.5 Å². The third-order valence-electron chi connectivity index (χ3n) is 2.76. The number of furan rings is 1. The molecule has 2 heterocycles. The Bertz CT molecular complexity index is 668. The summed E-state index contributed by atoms with van der Waals surface area (Å²) in [4.78, 5) is 12.0. The zero-order valence-electron chi connectivity index (χ0n) is 10.3. The van der Waals surface area contributed by atoms with Gasteiger partial charge in [-0.15, -0.1) is 0 Å². The molecule has 3 N–H and O–H groups in total. The predicted octanol–water partition coefficient (Wildman–Crippen LogP) is 2.54. The number of nitrogen functional groups attached to an aromatic ring is 1. The Morgan fingerprint density at radius 3 is 2.55 bits per heavy atom. The van der Waals surface area contributed by atoms with Gasteiger partial charge in [0.2, 0.25) is 0 Å². The van der Waals surface area contributed by atoms with Crippen LogP contribution in [0.15, 0.2) is 28.7 Å². The summed E-state index contributed by atoms with van der Waals surface area (Å²) >= 11 is 5.63. The number of anilines is 2. The smallest absolute Gasteiger partial charge is 0.291 e. The van der Waals surface area contributed by atoms with E-state index in [1.807, 2.05) is 0 Å². The largest absolute Gasteiger partial charge is 0.486 e. The molecule has 1 aromatic carbocycles. The lowest BCUT2D eigenvalue weighted by molar-refractivity contribution is 0.0996. The molecule has 2 aromatic rings. The molecule has 1 amide bonds. The van der Waals surface area contributed by atoms with Crippen molar-refractivity contribution in [3.05, 3.63) is 35.2 Å². The van der Waals surface area contributed by atoms with E-state index in [0.717, 1.165) is 0 Å². The number of nitrogens with two attached hydrogens (primary N) is 1. The third kappa shape index (κ3) is 2.37. The van der Waals surface area contributed by atoms with Crippen molar-refractivity contribution in [1.29, 1.82) is 0 Å². The summed E-state index contributed by atoms with van der Waals surface area (Å²) in [6, 6.07) is 6.20. The number of carbonyl (C=O) groups is 1. The lowest BCUT2D eigenvalue weighted by Gasteiger charge is -2.20. The predicted molar refractivity (Wildman–Crippen MR) is 73.5 cm³/mol. The molecule has 3 rings (SSSR count). The molecule has 1 aromatic heterocycles. The van der Waals surface area contributed by atoms with Gasteiger partial charge in [0.15, 0.2) is 22.5 Å². The summed E-state index contributed by atoms with van der Waals surface area (Å²) in [6.07, 6.45) is 0.